The topological polar surface area (TPSA) is 235 Å². The van der Waals surface area contributed by atoms with E-state index in [4.69, 9.17) is 4.74 Å². The van der Waals surface area contributed by atoms with E-state index in [0.717, 1.165) is 4.90 Å². The summed E-state index contributed by atoms with van der Waals surface area (Å²) in [6.07, 6.45) is -0.417. The fraction of sp³-hybridized carbons (Fsp3) is 0.640. The van der Waals surface area contributed by atoms with E-state index in [1.165, 1.54) is 18.7 Å². The number of carbonyl (C=O) groups excluding carboxylic acids is 3. The maximum absolute atomic E-state index is 12.8. The molecule has 3 heterocycles. The summed E-state index contributed by atoms with van der Waals surface area (Å²) in [4.78, 5) is 89.3. The van der Waals surface area contributed by atoms with E-state index in [1.807, 2.05) is 0 Å². The van der Waals surface area contributed by atoms with Crippen LogP contribution in [0.4, 0.5) is 0 Å². The Bertz CT molecular complexity index is 1150. The molecule has 5 N–H and O–H groups in total. The standard InChI is InChI=1S/C25H35N5O12S/c1-14(31)42-12-15-13-43-23-20(22(37)30(23)21(15)25(40)41)26-17(32)3-2-16(24(38)39)29-8-6-27(10-18(33)34)4-5-28(7-9-29)11-19(35)36/h16,20,23H,2-13H2,1H3,(H,26,32)(H,33,34)(H,35,36)(H,38,39)(H,40,41)/t16?,20-,23-/m1/s1. The number of esters is 1. The van der Waals surface area contributed by atoms with Crippen LogP contribution in [0.15, 0.2) is 11.3 Å². The van der Waals surface area contributed by atoms with E-state index < -0.39 is 59.1 Å². The number of fused-ring (bicyclic) bond motifs is 1. The molecule has 2 saturated heterocycles. The number of hydrogen-bond donors (Lipinski definition) is 5. The minimum Gasteiger partial charge on any atom is -0.480 e. The van der Waals surface area contributed by atoms with Crippen molar-refractivity contribution in [1.82, 2.24) is 24.9 Å². The minimum absolute atomic E-state index is 0.145. The van der Waals surface area contributed by atoms with Gasteiger partial charge in [-0.1, -0.05) is 0 Å². The van der Waals surface area contributed by atoms with Gasteiger partial charge in [0.25, 0.3) is 5.91 Å². The van der Waals surface area contributed by atoms with Crippen LogP contribution in [-0.2, 0) is 38.3 Å². The van der Waals surface area contributed by atoms with Gasteiger partial charge in [0.1, 0.15) is 29.8 Å². The molecule has 3 aliphatic heterocycles. The number of thioether (sulfide) groups is 1. The van der Waals surface area contributed by atoms with Crippen LogP contribution in [0, 0.1) is 0 Å². The Balaban J connectivity index is 1.63. The largest absolute Gasteiger partial charge is 0.480 e. The molecule has 0 saturated carbocycles. The maximum Gasteiger partial charge on any atom is 0.352 e. The number of carboxylic acid groups (broad SMARTS) is 4. The summed E-state index contributed by atoms with van der Waals surface area (Å²) < 4.78 is 4.90. The molecule has 0 bridgehead atoms. The third-order valence-corrected chi connectivity index (χ3v) is 8.58. The molecule has 2 fully saturated rings. The number of amides is 2. The van der Waals surface area contributed by atoms with Gasteiger partial charge in [0.15, 0.2) is 0 Å². The molecule has 17 nitrogen and oxygen atoms in total. The second kappa shape index (κ2) is 15.1. The lowest BCUT2D eigenvalue weighted by Crippen LogP contribution is -2.70. The first kappa shape index (κ1) is 33.8. The van der Waals surface area contributed by atoms with E-state index in [2.05, 4.69) is 5.32 Å². The molecule has 1 unspecified atom stereocenters. The molecule has 18 heteroatoms. The molecule has 0 aromatic heterocycles. The van der Waals surface area contributed by atoms with Crippen LogP contribution >= 0.6 is 11.8 Å². The van der Waals surface area contributed by atoms with Gasteiger partial charge in [0.05, 0.1) is 13.1 Å². The zero-order chi connectivity index (χ0) is 31.8. The predicted octanol–water partition coefficient (Wildman–Crippen LogP) is -2.39. The third kappa shape index (κ3) is 9.12. The van der Waals surface area contributed by atoms with Crippen LogP contribution < -0.4 is 5.32 Å². The van der Waals surface area contributed by atoms with Crippen molar-refractivity contribution in [2.24, 2.45) is 0 Å². The smallest absolute Gasteiger partial charge is 0.352 e. The molecule has 3 rings (SSSR count). The number of ether oxygens (including phenoxy) is 1. The van der Waals surface area contributed by atoms with Crippen molar-refractivity contribution in [2.75, 3.05) is 64.7 Å². The summed E-state index contributed by atoms with van der Waals surface area (Å²) in [6.45, 7) is 1.62. The van der Waals surface area contributed by atoms with Crippen molar-refractivity contribution >= 4 is 53.4 Å². The number of rotatable bonds is 13. The van der Waals surface area contributed by atoms with Crippen LogP contribution in [0.5, 0.6) is 0 Å². The molecule has 2 amide bonds. The van der Waals surface area contributed by atoms with Gasteiger partial charge in [-0.15, -0.1) is 11.8 Å². The number of aliphatic carboxylic acids is 4. The van der Waals surface area contributed by atoms with Crippen LogP contribution in [0.25, 0.3) is 0 Å². The highest BCUT2D eigenvalue weighted by Crippen LogP contribution is 2.40. The number of carboxylic acids is 4. The van der Waals surface area contributed by atoms with Crippen molar-refractivity contribution in [3.63, 3.8) is 0 Å². The Morgan fingerprint density at radius 3 is 1.98 bits per heavy atom. The summed E-state index contributed by atoms with van der Waals surface area (Å²) in [5.41, 5.74) is -0.0485. The number of β-lactam (4-membered cyclic amide) rings is 1. The molecule has 0 spiro atoms. The fourth-order valence-electron chi connectivity index (χ4n) is 5.13. The van der Waals surface area contributed by atoms with Gasteiger partial charge < -0.3 is 30.5 Å². The normalized spacial score (nSPS) is 22.7. The van der Waals surface area contributed by atoms with E-state index in [9.17, 15) is 54.0 Å². The monoisotopic (exact) mass is 629 g/mol. The Morgan fingerprint density at radius 2 is 1.49 bits per heavy atom. The SMILES string of the molecule is CC(=O)OCC1=C(C(=O)O)N2C(=O)[C@@H](NC(=O)CCC(C(=O)O)N3CCN(CC(=O)O)CCN(CC(=O)O)CC3)[C@H]2SC1. The molecule has 3 atom stereocenters. The van der Waals surface area contributed by atoms with E-state index >= 15 is 0 Å². The Kier molecular flexibility index (Phi) is 11.9. The fourth-order valence-corrected chi connectivity index (χ4v) is 6.45. The summed E-state index contributed by atoms with van der Waals surface area (Å²) in [5, 5.41) is 40.0. The Hall–Kier alpha value is -3.74. The van der Waals surface area contributed by atoms with Crippen molar-refractivity contribution in [3.05, 3.63) is 11.3 Å². The quantitative estimate of drug-likeness (QED) is 0.106. The average Bonchev–Trinajstić information content (AvgIpc) is 3.00. The highest BCUT2D eigenvalue weighted by Gasteiger charge is 2.54. The summed E-state index contributed by atoms with van der Waals surface area (Å²) in [6, 6.07) is -2.17. The van der Waals surface area contributed by atoms with Crippen molar-refractivity contribution in [2.45, 2.75) is 37.2 Å². The molecule has 0 radical (unpaired) electrons. The number of nitrogens with zero attached hydrogens (tertiary/aromatic N) is 4. The van der Waals surface area contributed by atoms with Crippen molar-refractivity contribution in [3.8, 4) is 0 Å². The van der Waals surface area contributed by atoms with Crippen molar-refractivity contribution in [1.29, 1.82) is 0 Å². The molecule has 0 aromatic rings. The first-order valence-electron chi connectivity index (χ1n) is 13.5. The van der Waals surface area contributed by atoms with Crippen molar-refractivity contribution < 1.29 is 58.7 Å². The van der Waals surface area contributed by atoms with Gasteiger partial charge in [-0.3, -0.25) is 48.4 Å². The maximum atomic E-state index is 12.8. The lowest BCUT2D eigenvalue weighted by Gasteiger charge is -2.49. The minimum atomic E-state index is -1.37. The van der Waals surface area contributed by atoms with Gasteiger partial charge in [-0.05, 0) is 6.42 Å². The second-order valence-electron chi connectivity index (χ2n) is 10.3. The number of carbonyl (C=O) groups is 7. The van der Waals surface area contributed by atoms with Gasteiger partial charge in [-0.25, -0.2) is 4.79 Å². The molecular formula is C25H35N5O12S. The van der Waals surface area contributed by atoms with E-state index in [1.54, 1.807) is 14.7 Å². The average molecular weight is 630 g/mol. The lowest BCUT2D eigenvalue weighted by molar-refractivity contribution is -0.151. The van der Waals surface area contributed by atoms with Crippen LogP contribution in [0.2, 0.25) is 0 Å². The molecule has 3 aliphatic rings. The third-order valence-electron chi connectivity index (χ3n) is 7.24. The summed E-state index contributed by atoms with van der Waals surface area (Å²) in [5.74, 6) is -6.46. The summed E-state index contributed by atoms with van der Waals surface area (Å²) >= 11 is 1.20. The first-order valence-corrected chi connectivity index (χ1v) is 14.5. The predicted molar refractivity (Wildman–Crippen MR) is 147 cm³/mol. The van der Waals surface area contributed by atoms with Gasteiger partial charge in [0, 0.05) is 63.9 Å². The molecule has 0 aliphatic carbocycles. The molecule has 238 valence electrons. The first-order chi connectivity index (χ1) is 20.3. The Morgan fingerprint density at radius 1 is 0.930 bits per heavy atom. The van der Waals surface area contributed by atoms with E-state index in [-0.39, 0.29) is 88.8 Å². The highest BCUT2D eigenvalue weighted by atomic mass is 32.2. The second-order valence-corrected chi connectivity index (χ2v) is 11.4. The molecule has 43 heavy (non-hydrogen) atoms. The highest BCUT2D eigenvalue weighted by molar-refractivity contribution is 8.00. The zero-order valence-electron chi connectivity index (χ0n) is 23.5. The van der Waals surface area contributed by atoms with Crippen LogP contribution in [-0.4, -0.2) is 164 Å². The van der Waals surface area contributed by atoms with Gasteiger partial charge in [-0.2, -0.15) is 0 Å². The lowest BCUT2D eigenvalue weighted by atomic mass is 10.0. The van der Waals surface area contributed by atoms with Gasteiger partial charge >= 0.3 is 29.8 Å². The molecular weight excluding hydrogens is 594 g/mol. The zero-order valence-corrected chi connectivity index (χ0v) is 24.3. The van der Waals surface area contributed by atoms with E-state index in [0.29, 0.717) is 0 Å². The molecule has 0 aromatic carbocycles. The van der Waals surface area contributed by atoms with Crippen LogP contribution in [0.3, 0.4) is 0 Å². The Labute approximate surface area is 250 Å². The number of hydrogen-bond acceptors (Lipinski definition) is 12. The van der Waals surface area contributed by atoms with Crippen LogP contribution in [0.1, 0.15) is 19.8 Å². The summed E-state index contributed by atoms with van der Waals surface area (Å²) in [7, 11) is 0. The number of nitrogens with one attached hydrogen (secondary N) is 1. The van der Waals surface area contributed by atoms with Gasteiger partial charge in [0.2, 0.25) is 5.91 Å².